The largest absolute Gasteiger partial charge is 0.395 e. The summed E-state index contributed by atoms with van der Waals surface area (Å²) in [6, 6.07) is 11.0. The highest BCUT2D eigenvalue weighted by atomic mass is 35.5. The first-order valence-corrected chi connectivity index (χ1v) is 8.02. The molecule has 2 aromatic rings. The predicted octanol–water partition coefficient (Wildman–Crippen LogP) is 1.38. The maximum absolute atomic E-state index is 11.5. The van der Waals surface area contributed by atoms with Gasteiger partial charge in [0.15, 0.2) is 0 Å². The molecule has 5 N–H and O–H groups in total. The zero-order valence-corrected chi connectivity index (χ0v) is 14.6. The summed E-state index contributed by atoms with van der Waals surface area (Å²) < 4.78 is 25.4. The van der Waals surface area contributed by atoms with Crippen molar-refractivity contribution in [3.63, 3.8) is 0 Å². The Morgan fingerprint density at radius 2 is 1.78 bits per heavy atom. The number of benzene rings is 2. The molecular weight excluding hydrogens is 361 g/mol. The molecule has 0 atom stereocenters. The first-order valence-electron chi connectivity index (χ1n) is 6.36. The van der Waals surface area contributed by atoms with E-state index in [9.17, 15) is 8.42 Å². The molecule has 0 aromatic heterocycles. The second-order valence-corrected chi connectivity index (χ2v) is 6.60. The van der Waals surface area contributed by atoms with E-state index in [4.69, 9.17) is 16.2 Å². The lowest BCUT2D eigenvalue weighted by molar-refractivity contribution is 0.319. The number of nitrogens with two attached hydrogens (primary N) is 1. The summed E-state index contributed by atoms with van der Waals surface area (Å²) in [5.41, 5.74) is 6.88. The Bertz CT molecular complexity index is 782. The molecule has 6 nitrogen and oxygen atoms in total. The maximum Gasteiger partial charge on any atom is 0.214 e. The first-order chi connectivity index (χ1) is 9.91. The van der Waals surface area contributed by atoms with Crippen LogP contribution in [0.25, 0.3) is 10.8 Å². The minimum atomic E-state index is -3.46. The third-order valence-corrected chi connectivity index (χ3v) is 4.38. The molecule has 0 radical (unpaired) electrons. The lowest BCUT2D eigenvalue weighted by Gasteiger charge is -2.07. The summed E-state index contributed by atoms with van der Waals surface area (Å²) in [6.07, 6.45) is 0. The van der Waals surface area contributed by atoms with E-state index in [1.165, 1.54) is 0 Å². The smallest absolute Gasteiger partial charge is 0.214 e. The van der Waals surface area contributed by atoms with Crippen molar-refractivity contribution in [3.05, 3.63) is 47.5 Å². The summed E-state index contributed by atoms with van der Waals surface area (Å²) in [5, 5.41) is 18.0. The van der Waals surface area contributed by atoms with Crippen molar-refractivity contribution in [2.45, 2.75) is 6.54 Å². The number of nitrogens with one attached hydrogen (secondary N) is 2. The predicted molar refractivity (Wildman–Crippen MR) is 97.2 cm³/mol. The minimum Gasteiger partial charge on any atom is -0.395 e. The SMILES string of the molecule is Cl.Cl.N=C(N)c1ccc2ccc(CNS(=O)(=O)CCO)cc2c1. The molecule has 0 aliphatic carbocycles. The molecule has 0 heterocycles. The van der Waals surface area contributed by atoms with Gasteiger partial charge in [-0.25, -0.2) is 13.1 Å². The number of hydrogen-bond acceptors (Lipinski definition) is 4. The molecule has 0 amide bonds. The number of sulfonamides is 1. The molecule has 128 valence electrons. The zero-order chi connectivity index (χ0) is 15.5. The summed E-state index contributed by atoms with van der Waals surface area (Å²) >= 11 is 0. The van der Waals surface area contributed by atoms with E-state index >= 15 is 0 Å². The van der Waals surface area contributed by atoms with E-state index in [1.807, 2.05) is 24.3 Å². The third kappa shape index (κ3) is 5.96. The van der Waals surface area contributed by atoms with Gasteiger partial charge < -0.3 is 10.8 Å². The van der Waals surface area contributed by atoms with Gasteiger partial charge in [-0.05, 0) is 28.5 Å². The summed E-state index contributed by atoms with van der Waals surface area (Å²) in [4.78, 5) is 0. The molecule has 0 bridgehead atoms. The fraction of sp³-hybridized carbons (Fsp3) is 0.214. The van der Waals surface area contributed by atoms with Crippen molar-refractivity contribution >= 4 is 51.4 Å². The van der Waals surface area contributed by atoms with E-state index < -0.39 is 16.6 Å². The second-order valence-electron chi connectivity index (χ2n) is 4.67. The van der Waals surface area contributed by atoms with Gasteiger partial charge in [-0.3, -0.25) is 5.41 Å². The Balaban J connectivity index is 0.00000242. The van der Waals surface area contributed by atoms with Gasteiger partial charge in [0.2, 0.25) is 10.0 Å². The fourth-order valence-electron chi connectivity index (χ4n) is 1.96. The van der Waals surface area contributed by atoms with Gasteiger partial charge in [-0.2, -0.15) is 0 Å². The van der Waals surface area contributed by atoms with Crippen molar-refractivity contribution in [1.29, 1.82) is 5.41 Å². The summed E-state index contributed by atoms with van der Waals surface area (Å²) in [6.45, 7) is -0.252. The lowest BCUT2D eigenvalue weighted by Crippen LogP contribution is -2.27. The first kappa shape index (κ1) is 21.6. The lowest BCUT2D eigenvalue weighted by atomic mass is 10.0. The number of nitrogen functional groups attached to an aromatic ring is 1. The number of aliphatic hydroxyl groups is 1. The van der Waals surface area contributed by atoms with Crippen molar-refractivity contribution in [3.8, 4) is 0 Å². The van der Waals surface area contributed by atoms with Gasteiger partial charge >= 0.3 is 0 Å². The Hall–Kier alpha value is -1.38. The van der Waals surface area contributed by atoms with E-state index in [0.29, 0.717) is 5.56 Å². The number of aliphatic hydroxyl groups excluding tert-OH is 1. The molecule has 0 saturated heterocycles. The van der Waals surface area contributed by atoms with E-state index in [0.717, 1.165) is 16.3 Å². The Morgan fingerprint density at radius 1 is 1.13 bits per heavy atom. The van der Waals surface area contributed by atoms with Gasteiger partial charge in [-0.15, -0.1) is 24.8 Å². The molecule has 0 aliphatic heterocycles. The monoisotopic (exact) mass is 379 g/mol. The molecule has 0 unspecified atom stereocenters. The minimum absolute atomic E-state index is 0. The van der Waals surface area contributed by atoms with Gasteiger partial charge in [0.25, 0.3) is 0 Å². The Kier molecular flexibility index (Phi) is 8.50. The van der Waals surface area contributed by atoms with Crippen LogP contribution in [0.3, 0.4) is 0 Å². The summed E-state index contributed by atoms with van der Waals surface area (Å²) in [5.74, 6) is -0.319. The highest BCUT2D eigenvalue weighted by Crippen LogP contribution is 2.18. The van der Waals surface area contributed by atoms with Crippen molar-refractivity contribution in [2.75, 3.05) is 12.4 Å². The number of amidine groups is 1. The van der Waals surface area contributed by atoms with Gasteiger partial charge in [0, 0.05) is 12.1 Å². The Morgan fingerprint density at radius 3 is 2.39 bits per heavy atom. The normalized spacial score (nSPS) is 10.7. The highest BCUT2D eigenvalue weighted by molar-refractivity contribution is 7.89. The van der Waals surface area contributed by atoms with Crippen LogP contribution in [0.5, 0.6) is 0 Å². The number of rotatable bonds is 6. The fourth-order valence-corrected chi connectivity index (χ4v) is 2.73. The number of fused-ring (bicyclic) bond motifs is 1. The molecule has 0 saturated carbocycles. The number of hydrogen-bond donors (Lipinski definition) is 4. The standard InChI is InChI=1S/C14H17N3O3S.2ClH/c15-14(16)12-4-3-11-2-1-10(7-13(11)8-12)9-17-21(19,20)6-5-18;;/h1-4,7-8,17-18H,5-6,9H2,(H3,15,16);2*1H. The van der Waals surface area contributed by atoms with Gasteiger partial charge in [-0.1, -0.05) is 24.3 Å². The van der Waals surface area contributed by atoms with Crippen LogP contribution in [0.2, 0.25) is 0 Å². The van der Waals surface area contributed by atoms with Crippen LogP contribution in [0.4, 0.5) is 0 Å². The quantitative estimate of drug-likeness (QED) is 0.447. The van der Waals surface area contributed by atoms with Crippen molar-refractivity contribution in [2.24, 2.45) is 5.73 Å². The molecule has 0 fully saturated rings. The van der Waals surface area contributed by atoms with E-state index in [2.05, 4.69) is 4.72 Å². The third-order valence-electron chi connectivity index (χ3n) is 3.07. The molecule has 2 rings (SSSR count). The van der Waals surface area contributed by atoms with Gasteiger partial charge in [0.1, 0.15) is 5.84 Å². The summed E-state index contributed by atoms with van der Waals surface area (Å²) in [7, 11) is -3.46. The van der Waals surface area contributed by atoms with E-state index in [1.54, 1.807) is 12.1 Å². The van der Waals surface area contributed by atoms with Crippen LogP contribution in [-0.4, -0.2) is 31.7 Å². The van der Waals surface area contributed by atoms with Crippen molar-refractivity contribution in [1.82, 2.24) is 4.72 Å². The molecule has 23 heavy (non-hydrogen) atoms. The Labute approximate surface area is 147 Å². The van der Waals surface area contributed by atoms with E-state index in [-0.39, 0.29) is 42.9 Å². The average Bonchev–Trinajstić information content (AvgIpc) is 2.44. The van der Waals surface area contributed by atoms with Crippen LogP contribution < -0.4 is 10.5 Å². The molecular formula is C14H19Cl2N3O3S. The van der Waals surface area contributed by atoms with Crippen LogP contribution in [0.1, 0.15) is 11.1 Å². The average molecular weight is 380 g/mol. The topological polar surface area (TPSA) is 116 Å². The van der Waals surface area contributed by atoms with Crippen LogP contribution in [0.15, 0.2) is 36.4 Å². The van der Waals surface area contributed by atoms with Crippen LogP contribution >= 0.6 is 24.8 Å². The molecule has 2 aromatic carbocycles. The van der Waals surface area contributed by atoms with Crippen LogP contribution in [-0.2, 0) is 16.6 Å². The molecule has 9 heteroatoms. The second kappa shape index (κ2) is 9.05. The zero-order valence-electron chi connectivity index (χ0n) is 12.2. The molecule has 0 aliphatic rings. The highest BCUT2D eigenvalue weighted by Gasteiger charge is 2.09. The van der Waals surface area contributed by atoms with Crippen LogP contribution in [0, 0.1) is 5.41 Å². The number of halogens is 2. The van der Waals surface area contributed by atoms with Gasteiger partial charge in [0.05, 0.1) is 12.4 Å². The maximum atomic E-state index is 11.5. The van der Waals surface area contributed by atoms with Crippen molar-refractivity contribution < 1.29 is 13.5 Å². The molecule has 0 spiro atoms.